The highest BCUT2D eigenvalue weighted by Crippen LogP contribution is 2.17. The summed E-state index contributed by atoms with van der Waals surface area (Å²) in [6.45, 7) is 3.37. The van der Waals surface area contributed by atoms with Crippen molar-refractivity contribution in [2.75, 3.05) is 13.7 Å². The van der Waals surface area contributed by atoms with Crippen LogP contribution < -0.4 is 5.32 Å². The average molecular weight is 246 g/mol. The third-order valence-corrected chi connectivity index (χ3v) is 2.81. The first-order chi connectivity index (χ1) is 7.67. The van der Waals surface area contributed by atoms with Gasteiger partial charge in [-0.3, -0.25) is 0 Å². The zero-order valence-corrected chi connectivity index (χ0v) is 10.4. The van der Waals surface area contributed by atoms with Crippen molar-refractivity contribution in [1.29, 1.82) is 0 Å². The van der Waals surface area contributed by atoms with Crippen molar-refractivity contribution >= 4 is 11.6 Å². The van der Waals surface area contributed by atoms with Crippen LogP contribution in [0.3, 0.4) is 0 Å². The molecule has 1 rings (SSSR count). The quantitative estimate of drug-likeness (QED) is 0.832. The Morgan fingerprint density at radius 2 is 2.25 bits per heavy atom. The molecule has 0 aliphatic rings. The number of rotatable bonds is 6. The summed E-state index contributed by atoms with van der Waals surface area (Å²) in [4.78, 5) is 0. The van der Waals surface area contributed by atoms with Gasteiger partial charge in [0.05, 0.1) is 6.61 Å². The monoisotopic (exact) mass is 245 g/mol. The van der Waals surface area contributed by atoms with Gasteiger partial charge in [0.25, 0.3) is 0 Å². The van der Waals surface area contributed by atoms with Crippen LogP contribution in [-0.4, -0.2) is 19.8 Å². The van der Waals surface area contributed by atoms with E-state index in [0.29, 0.717) is 24.2 Å². The van der Waals surface area contributed by atoms with Crippen molar-refractivity contribution in [3.8, 4) is 0 Å². The molecule has 0 spiro atoms. The van der Waals surface area contributed by atoms with Crippen molar-refractivity contribution in [2.45, 2.75) is 25.9 Å². The van der Waals surface area contributed by atoms with Gasteiger partial charge in [0, 0.05) is 24.7 Å². The van der Waals surface area contributed by atoms with E-state index in [1.165, 1.54) is 12.1 Å². The lowest BCUT2D eigenvalue weighted by Crippen LogP contribution is -2.32. The number of nitrogens with one attached hydrogen (secondary N) is 1. The van der Waals surface area contributed by atoms with Crippen LogP contribution in [0, 0.1) is 5.82 Å². The fraction of sp³-hybridized carbons (Fsp3) is 0.500. The standard InChI is InChI=1S/C12H17ClFNO/c1-3-11(8-16-2)15-7-9-4-5-10(14)6-12(9)13/h4-6,11,15H,3,7-8H2,1-2H3. The summed E-state index contributed by atoms with van der Waals surface area (Å²) < 4.78 is 17.9. The molecule has 16 heavy (non-hydrogen) atoms. The largest absolute Gasteiger partial charge is 0.383 e. The maximum atomic E-state index is 12.8. The van der Waals surface area contributed by atoms with Crippen LogP contribution in [-0.2, 0) is 11.3 Å². The smallest absolute Gasteiger partial charge is 0.124 e. The maximum Gasteiger partial charge on any atom is 0.124 e. The fourth-order valence-corrected chi connectivity index (χ4v) is 1.68. The zero-order valence-electron chi connectivity index (χ0n) is 9.59. The van der Waals surface area contributed by atoms with E-state index in [9.17, 15) is 4.39 Å². The molecule has 1 aromatic rings. The summed E-state index contributed by atoms with van der Waals surface area (Å²) in [6, 6.07) is 4.74. The summed E-state index contributed by atoms with van der Waals surface area (Å²) in [5.41, 5.74) is 0.901. The summed E-state index contributed by atoms with van der Waals surface area (Å²) in [7, 11) is 1.68. The molecule has 0 amide bonds. The Morgan fingerprint density at radius 3 is 2.81 bits per heavy atom. The van der Waals surface area contributed by atoms with E-state index in [0.717, 1.165) is 12.0 Å². The van der Waals surface area contributed by atoms with Gasteiger partial charge < -0.3 is 10.1 Å². The minimum Gasteiger partial charge on any atom is -0.383 e. The minimum absolute atomic E-state index is 0.297. The van der Waals surface area contributed by atoms with Gasteiger partial charge in [-0.1, -0.05) is 24.6 Å². The molecule has 0 saturated carbocycles. The molecule has 0 saturated heterocycles. The molecular formula is C12H17ClFNO. The van der Waals surface area contributed by atoms with Gasteiger partial charge in [0.2, 0.25) is 0 Å². The molecular weight excluding hydrogens is 229 g/mol. The maximum absolute atomic E-state index is 12.8. The summed E-state index contributed by atoms with van der Waals surface area (Å²) in [6.07, 6.45) is 0.979. The normalized spacial score (nSPS) is 12.8. The predicted octanol–water partition coefficient (Wildman–Crippen LogP) is 2.99. The number of hydrogen-bond acceptors (Lipinski definition) is 2. The summed E-state index contributed by atoms with van der Waals surface area (Å²) in [5, 5.41) is 3.77. The average Bonchev–Trinajstić information content (AvgIpc) is 2.26. The highest BCUT2D eigenvalue weighted by atomic mass is 35.5. The molecule has 1 unspecified atom stereocenters. The number of methoxy groups -OCH3 is 1. The van der Waals surface area contributed by atoms with Crippen molar-refractivity contribution in [2.24, 2.45) is 0 Å². The molecule has 1 aromatic carbocycles. The van der Waals surface area contributed by atoms with Crippen molar-refractivity contribution in [1.82, 2.24) is 5.32 Å². The Kier molecular flexibility index (Phi) is 5.74. The number of hydrogen-bond donors (Lipinski definition) is 1. The molecule has 0 aliphatic carbocycles. The Bertz CT molecular complexity index is 333. The number of ether oxygens (including phenoxy) is 1. The molecule has 0 bridgehead atoms. The first kappa shape index (κ1) is 13.4. The summed E-state index contributed by atoms with van der Waals surface area (Å²) in [5.74, 6) is -0.308. The topological polar surface area (TPSA) is 21.3 Å². The molecule has 4 heteroatoms. The second kappa shape index (κ2) is 6.84. The molecule has 1 atom stereocenters. The number of halogens is 2. The molecule has 0 aliphatic heterocycles. The first-order valence-corrected chi connectivity index (χ1v) is 5.71. The van der Waals surface area contributed by atoms with Crippen LogP contribution in [0.2, 0.25) is 5.02 Å². The van der Waals surface area contributed by atoms with Crippen LogP contribution in [0.15, 0.2) is 18.2 Å². The van der Waals surface area contributed by atoms with Crippen molar-refractivity contribution in [3.63, 3.8) is 0 Å². The fourth-order valence-electron chi connectivity index (χ4n) is 1.44. The van der Waals surface area contributed by atoms with Crippen molar-refractivity contribution < 1.29 is 9.13 Å². The zero-order chi connectivity index (χ0) is 12.0. The lowest BCUT2D eigenvalue weighted by atomic mass is 10.2. The summed E-state index contributed by atoms with van der Waals surface area (Å²) >= 11 is 5.92. The molecule has 0 aromatic heterocycles. The molecule has 90 valence electrons. The van der Waals surface area contributed by atoms with Crippen molar-refractivity contribution in [3.05, 3.63) is 34.6 Å². The predicted molar refractivity (Wildman–Crippen MR) is 64.2 cm³/mol. The van der Waals surface area contributed by atoms with Crippen LogP contribution in [0.5, 0.6) is 0 Å². The lowest BCUT2D eigenvalue weighted by molar-refractivity contribution is 0.164. The van der Waals surface area contributed by atoms with E-state index in [1.807, 2.05) is 0 Å². The van der Waals surface area contributed by atoms with Crippen LogP contribution in [0.25, 0.3) is 0 Å². The number of benzene rings is 1. The third-order valence-electron chi connectivity index (χ3n) is 2.46. The van der Waals surface area contributed by atoms with Gasteiger partial charge in [-0.25, -0.2) is 4.39 Å². The molecule has 0 heterocycles. The van der Waals surface area contributed by atoms with E-state index < -0.39 is 0 Å². The van der Waals surface area contributed by atoms with Gasteiger partial charge in [0.15, 0.2) is 0 Å². The van der Waals surface area contributed by atoms with Crippen LogP contribution >= 0.6 is 11.6 Å². The minimum atomic E-state index is -0.308. The van der Waals surface area contributed by atoms with Gasteiger partial charge in [-0.15, -0.1) is 0 Å². The lowest BCUT2D eigenvalue weighted by Gasteiger charge is -2.16. The Balaban J connectivity index is 2.53. The first-order valence-electron chi connectivity index (χ1n) is 5.33. The van der Waals surface area contributed by atoms with E-state index in [1.54, 1.807) is 13.2 Å². The molecule has 0 fully saturated rings. The SMILES string of the molecule is CCC(COC)NCc1ccc(F)cc1Cl. The Labute approximate surface area is 101 Å². The van der Waals surface area contributed by atoms with E-state index in [4.69, 9.17) is 16.3 Å². The Morgan fingerprint density at radius 1 is 1.50 bits per heavy atom. The van der Waals surface area contributed by atoms with Gasteiger partial charge >= 0.3 is 0 Å². The second-order valence-electron chi connectivity index (χ2n) is 3.68. The van der Waals surface area contributed by atoms with Gasteiger partial charge in [-0.2, -0.15) is 0 Å². The van der Waals surface area contributed by atoms with E-state index >= 15 is 0 Å². The third kappa shape index (κ3) is 4.08. The van der Waals surface area contributed by atoms with Crippen LogP contribution in [0.4, 0.5) is 4.39 Å². The molecule has 2 nitrogen and oxygen atoms in total. The molecule has 0 radical (unpaired) electrons. The van der Waals surface area contributed by atoms with Gasteiger partial charge in [0.1, 0.15) is 5.82 Å². The second-order valence-corrected chi connectivity index (χ2v) is 4.08. The highest BCUT2D eigenvalue weighted by molar-refractivity contribution is 6.31. The van der Waals surface area contributed by atoms with Crippen LogP contribution in [0.1, 0.15) is 18.9 Å². The molecule has 1 N–H and O–H groups in total. The van der Waals surface area contributed by atoms with Gasteiger partial charge in [-0.05, 0) is 24.1 Å². The highest BCUT2D eigenvalue weighted by Gasteiger charge is 2.07. The van der Waals surface area contributed by atoms with E-state index in [-0.39, 0.29) is 5.82 Å². The van der Waals surface area contributed by atoms with E-state index in [2.05, 4.69) is 12.2 Å². The Hall–Kier alpha value is -0.640.